The quantitative estimate of drug-likeness (QED) is 0.0266. The maximum absolute atomic E-state index is 13.5. The lowest BCUT2D eigenvalue weighted by Gasteiger charge is -2.47. The van der Waals surface area contributed by atoms with Crippen LogP contribution in [0.1, 0.15) is 213 Å². The van der Waals surface area contributed by atoms with E-state index >= 15 is 0 Å². The molecule has 69 heavy (non-hydrogen) atoms. The molecule has 2 fully saturated rings. The van der Waals surface area contributed by atoms with Crippen LogP contribution in [0.3, 0.4) is 0 Å². The van der Waals surface area contributed by atoms with Gasteiger partial charge in [-0.05, 0) is 12.8 Å². The summed E-state index contributed by atoms with van der Waals surface area (Å²) in [6, 6.07) is -1.31. The molecule has 0 aromatic carbocycles. The van der Waals surface area contributed by atoms with Gasteiger partial charge in [0.25, 0.3) is 0 Å². The van der Waals surface area contributed by atoms with Crippen molar-refractivity contribution in [3.63, 3.8) is 0 Å². The first kappa shape index (κ1) is 64.2. The Labute approximate surface area is 413 Å². The zero-order chi connectivity index (χ0) is 51.0. The topological polar surface area (TPSA) is 306 Å². The van der Waals surface area contributed by atoms with Crippen molar-refractivity contribution in [2.45, 2.75) is 298 Å². The smallest absolute Gasteiger partial charge is 0.394 e. The third-order valence-corrected chi connectivity index (χ3v) is 14.9. The number of aliphatic hydroxyl groups is 10. The molecule has 1 heterocycles. The summed E-state index contributed by atoms with van der Waals surface area (Å²) in [7, 11) is -5.39. The molecule has 1 saturated carbocycles. The first-order valence-corrected chi connectivity index (χ1v) is 28.6. The Balaban J connectivity index is 1.97. The third kappa shape index (κ3) is 25.7. The maximum atomic E-state index is 13.5. The first-order chi connectivity index (χ1) is 33.1. The maximum Gasteiger partial charge on any atom is 0.472 e. The fourth-order valence-corrected chi connectivity index (χ4v) is 10.2. The van der Waals surface area contributed by atoms with Crippen molar-refractivity contribution in [1.29, 1.82) is 0 Å². The van der Waals surface area contributed by atoms with E-state index in [9.17, 15) is 65.3 Å². The van der Waals surface area contributed by atoms with Crippen LogP contribution in [0.5, 0.6) is 0 Å². The Kier molecular flexibility index (Phi) is 35.2. The molecule has 2 aliphatic rings. The van der Waals surface area contributed by atoms with Crippen molar-refractivity contribution >= 4 is 13.7 Å². The number of phosphoric acid groups is 1. The van der Waals surface area contributed by atoms with Gasteiger partial charge in [0.1, 0.15) is 67.1 Å². The summed E-state index contributed by atoms with van der Waals surface area (Å²) in [6.07, 6.45) is 8.97. The third-order valence-electron chi connectivity index (χ3n) is 13.9. The van der Waals surface area contributed by atoms with Crippen LogP contribution in [0.15, 0.2) is 0 Å². The van der Waals surface area contributed by atoms with Crippen LogP contribution >= 0.6 is 7.82 Å². The van der Waals surface area contributed by atoms with Crippen LogP contribution in [-0.4, -0.2) is 161 Å². The van der Waals surface area contributed by atoms with Gasteiger partial charge in [0.05, 0.1) is 25.4 Å². The molecule has 1 aliphatic heterocycles. The largest absolute Gasteiger partial charge is 0.472 e. The highest BCUT2D eigenvalue weighted by Crippen LogP contribution is 2.48. The van der Waals surface area contributed by atoms with Crippen molar-refractivity contribution in [3.05, 3.63) is 0 Å². The lowest BCUT2D eigenvalue weighted by Crippen LogP contribution is -2.67. The molecule has 0 aromatic rings. The second-order valence-electron chi connectivity index (χ2n) is 19.9. The number of phosphoric ester groups is 1. The van der Waals surface area contributed by atoms with Crippen molar-refractivity contribution in [2.75, 3.05) is 13.2 Å². The molecule has 15 atom stereocenters. The summed E-state index contributed by atoms with van der Waals surface area (Å²) in [5, 5.41) is 108. The predicted molar refractivity (Wildman–Crippen MR) is 262 cm³/mol. The number of carbonyl (C=O) groups excluding carboxylic acids is 1. The van der Waals surface area contributed by atoms with E-state index in [1.165, 1.54) is 122 Å². The molecule has 19 heteroatoms. The molecular weight excluding hydrogens is 918 g/mol. The molecule has 0 spiro atoms. The number of amides is 1. The number of carbonyl (C=O) groups is 1. The van der Waals surface area contributed by atoms with Crippen LogP contribution in [0, 0.1) is 0 Å². The normalized spacial score (nSPS) is 28.6. The van der Waals surface area contributed by atoms with E-state index in [1.54, 1.807) is 0 Å². The number of hydrogen-bond acceptors (Lipinski definition) is 16. The van der Waals surface area contributed by atoms with Gasteiger partial charge in [-0.3, -0.25) is 13.8 Å². The lowest BCUT2D eigenvalue weighted by atomic mass is 9.84. The summed E-state index contributed by atoms with van der Waals surface area (Å²) in [5.74, 6) is -0.807. The van der Waals surface area contributed by atoms with Crippen LogP contribution in [0.4, 0.5) is 0 Å². The number of unbranched alkanes of at least 4 members (excludes halogenated alkanes) is 27. The Morgan fingerprint density at radius 3 is 1.33 bits per heavy atom. The van der Waals surface area contributed by atoms with E-state index in [4.69, 9.17) is 18.5 Å². The van der Waals surface area contributed by atoms with E-state index in [0.29, 0.717) is 12.8 Å². The molecule has 1 aliphatic carbocycles. The average molecular weight is 1020 g/mol. The van der Waals surface area contributed by atoms with Gasteiger partial charge in [-0.1, -0.05) is 200 Å². The van der Waals surface area contributed by atoms with Crippen molar-refractivity contribution < 1.29 is 83.8 Å². The lowest BCUT2D eigenvalue weighted by molar-refractivity contribution is -0.338. The molecule has 18 nitrogen and oxygen atoms in total. The second kappa shape index (κ2) is 37.8. The molecule has 1 saturated heterocycles. The molecule has 1 amide bonds. The second-order valence-corrected chi connectivity index (χ2v) is 21.3. The zero-order valence-electron chi connectivity index (χ0n) is 42.2. The molecule has 12 N–H and O–H groups in total. The summed E-state index contributed by atoms with van der Waals surface area (Å²) in [5.41, 5.74) is 0. The van der Waals surface area contributed by atoms with Crippen molar-refractivity contribution in [2.24, 2.45) is 0 Å². The number of ether oxygens (including phenoxy) is 2. The number of rotatable bonds is 42. The Bertz CT molecular complexity index is 1320. The Hall–Kier alpha value is -0.900. The van der Waals surface area contributed by atoms with E-state index in [1.807, 2.05) is 0 Å². The van der Waals surface area contributed by atoms with Gasteiger partial charge in [-0.2, -0.15) is 0 Å². The van der Waals surface area contributed by atoms with E-state index in [0.717, 1.165) is 51.4 Å². The number of aliphatic hydroxyl groups excluding tert-OH is 10. The monoisotopic (exact) mass is 1020 g/mol. The van der Waals surface area contributed by atoms with E-state index in [2.05, 4.69) is 19.2 Å². The highest BCUT2D eigenvalue weighted by Gasteiger charge is 2.55. The fourth-order valence-electron chi connectivity index (χ4n) is 9.27. The Morgan fingerprint density at radius 1 is 0.536 bits per heavy atom. The SMILES string of the molecule is CCCCCCCCCCCCCCCCC[C@@H](O)[C@H](COP(=O)(O)O[C@H]1C(O)C(O)C(O)[C@@H](O)C1O[C@H]1O[C@H](CO)[C@@H](O)C(O)C1O)NC(=O)C(O)CCCCCCCCCCCCCCCC. The van der Waals surface area contributed by atoms with Gasteiger partial charge in [0.2, 0.25) is 5.91 Å². The molecule has 8 unspecified atom stereocenters. The van der Waals surface area contributed by atoms with Gasteiger partial charge in [0.15, 0.2) is 6.29 Å². The average Bonchev–Trinajstić information content (AvgIpc) is 3.33. The van der Waals surface area contributed by atoms with E-state index in [-0.39, 0.29) is 12.8 Å². The highest BCUT2D eigenvalue weighted by molar-refractivity contribution is 7.47. The van der Waals surface area contributed by atoms with Crippen LogP contribution in [0.2, 0.25) is 0 Å². The van der Waals surface area contributed by atoms with Crippen molar-refractivity contribution in [3.8, 4) is 0 Å². The molecule has 2 rings (SSSR count). The molecule has 0 aromatic heterocycles. The molecule has 0 radical (unpaired) electrons. The molecule has 410 valence electrons. The van der Waals surface area contributed by atoms with Crippen LogP contribution < -0.4 is 5.32 Å². The fraction of sp³-hybridized carbons (Fsp3) is 0.980. The highest BCUT2D eigenvalue weighted by atomic mass is 31.2. The molecular formula is C50H98NO17P. The summed E-state index contributed by atoms with van der Waals surface area (Å²) in [6.45, 7) is 2.78. The Morgan fingerprint density at radius 2 is 0.913 bits per heavy atom. The van der Waals surface area contributed by atoms with Gasteiger partial charge < -0.3 is 70.7 Å². The number of nitrogens with one attached hydrogen (secondary N) is 1. The van der Waals surface area contributed by atoms with Gasteiger partial charge >= 0.3 is 7.82 Å². The van der Waals surface area contributed by atoms with Crippen LogP contribution in [0.25, 0.3) is 0 Å². The minimum absolute atomic E-state index is 0.167. The van der Waals surface area contributed by atoms with Crippen LogP contribution in [-0.2, 0) is 27.9 Å². The minimum atomic E-state index is -5.39. The van der Waals surface area contributed by atoms with Gasteiger partial charge in [-0.15, -0.1) is 0 Å². The van der Waals surface area contributed by atoms with Crippen molar-refractivity contribution in [1.82, 2.24) is 5.32 Å². The number of hydrogen-bond donors (Lipinski definition) is 12. The summed E-state index contributed by atoms with van der Waals surface area (Å²) in [4.78, 5) is 24.2. The van der Waals surface area contributed by atoms with Gasteiger partial charge in [0, 0.05) is 0 Å². The molecule has 0 bridgehead atoms. The van der Waals surface area contributed by atoms with Gasteiger partial charge in [-0.25, -0.2) is 4.57 Å². The summed E-state index contributed by atoms with van der Waals surface area (Å²) >= 11 is 0. The standard InChI is InChI=1S/C50H98NO17P/c1-3-5-7-9-11-13-15-17-19-21-22-24-26-28-30-32-37(53)36(51-49(62)38(54)33-31-29-27-25-23-20-18-16-14-12-10-8-6-4-2)35-65-69(63,64)68-48-45(60)43(58)42(57)44(59)47(48)67-50-46(61)41(56)40(55)39(34-52)66-50/h36-48,50,52-61H,3-35H2,1-2H3,(H,51,62)(H,63,64)/t36-,37+,38?,39+,40+,41?,42?,43?,44+,45?,46?,47?,48-,50+/m0/s1. The van der Waals surface area contributed by atoms with E-state index < -0.39 is 113 Å². The summed E-state index contributed by atoms with van der Waals surface area (Å²) < 4.78 is 34.8. The first-order valence-electron chi connectivity index (χ1n) is 27.1. The zero-order valence-corrected chi connectivity index (χ0v) is 43.1. The minimum Gasteiger partial charge on any atom is -0.394 e. The predicted octanol–water partition coefficient (Wildman–Crippen LogP) is 5.47.